The number of hydrogen-bond acceptors (Lipinski definition) is 4. The fourth-order valence-corrected chi connectivity index (χ4v) is 2.41. The summed E-state index contributed by atoms with van der Waals surface area (Å²) in [6, 6.07) is 5.42. The summed E-state index contributed by atoms with van der Waals surface area (Å²) in [6.45, 7) is 8.94. The molecule has 0 saturated heterocycles. The lowest BCUT2D eigenvalue weighted by Gasteiger charge is -2.15. The predicted octanol–water partition coefficient (Wildman–Crippen LogP) is 4.40. The SMILES string of the molecule is CCCNc1nc2c(C)c([N+](=O)[O-])ccc2cc1C(C)C. The highest BCUT2D eigenvalue weighted by Crippen LogP contribution is 2.31. The molecule has 0 aliphatic carbocycles. The molecule has 21 heavy (non-hydrogen) atoms. The minimum absolute atomic E-state index is 0.119. The molecule has 1 aromatic carbocycles. The van der Waals surface area contributed by atoms with Gasteiger partial charge in [-0.15, -0.1) is 0 Å². The number of nitro benzene ring substituents is 1. The second-order valence-corrected chi connectivity index (χ2v) is 5.55. The van der Waals surface area contributed by atoms with E-state index >= 15 is 0 Å². The number of nitrogens with one attached hydrogen (secondary N) is 1. The molecule has 0 aliphatic rings. The number of benzene rings is 1. The molecule has 0 unspecified atom stereocenters. The van der Waals surface area contributed by atoms with Crippen LogP contribution in [0.3, 0.4) is 0 Å². The molecule has 0 atom stereocenters. The van der Waals surface area contributed by atoms with E-state index < -0.39 is 0 Å². The molecule has 5 heteroatoms. The van der Waals surface area contributed by atoms with Crippen molar-refractivity contribution in [2.75, 3.05) is 11.9 Å². The molecule has 2 rings (SSSR count). The van der Waals surface area contributed by atoms with E-state index in [4.69, 9.17) is 0 Å². The van der Waals surface area contributed by atoms with Crippen molar-refractivity contribution in [1.82, 2.24) is 4.98 Å². The number of nitro groups is 1. The molecule has 0 saturated carbocycles. The molecule has 112 valence electrons. The highest BCUT2D eigenvalue weighted by atomic mass is 16.6. The van der Waals surface area contributed by atoms with Crippen LogP contribution in [0.2, 0.25) is 0 Å². The number of aromatic nitrogens is 1. The van der Waals surface area contributed by atoms with Gasteiger partial charge in [0.1, 0.15) is 5.82 Å². The molecule has 1 aromatic heterocycles. The van der Waals surface area contributed by atoms with Crippen molar-refractivity contribution in [3.05, 3.63) is 39.4 Å². The van der Waals surface area contributed by atoms with Crippen LogP contribution in [-0.4, -0.2) is 16.5 Å². The van der Waals surface area contributed by atoms with E-state index in [0.717, 1.165) is 29.7 Å². The van der Waals surface area contributed by atoms with Crippen LogP contribution in [0, 0.1) is 17.0 Å². The zero-order chi connectivity index (χ0) is 15.6. The van der Waals surface area contributed by atoms with Gasteiger partial charge < -0.3 is 5.32 Å². The third-order valence-corrected chi connectivity index (χ3v) is 3.60. The van der Waals surface area contributed by atoms with Crippen molar-refractivity contribution in [1.29, 1.82) is 0 Å². The zero-order valence-electron chi connectivity index (χ0n) is 12.9. The Bertz CT molecular complexity index is 681. The van der Waals surface area contributed by atoms with Gasteiger partial charge in [-0.2, -0.15) is 0 Å². The van der Waals surface area contributed by atoms with Crippen molar-refractivity contribution < 1.29 is 4.92 Å². The number of anilines is 1. The van der Waals surface area contributed by atoms with Gasteiger partial charge in [-0.05, 0) is 37.0 Å². The Labute approximate surface area is 124 Å². The molecular weight excluding hydrogens is 266 g/mol. The fraction of sp³-hybridized carbons (Fsp3) is 0.438. The Kier molecular flexibility index (Phi) is 4.40. The van der Waals surface area contributed by atoms with Crippen molar-refractivity contribution in [3.8, 4) is 0 Å². The molecule has 2 aromatic rings. The van der Waals surface area contributed by atoms with E-state index in [0.29, 0.717) is 17.0 Å². The van der Waals surface area contributed by atoms with E-state index in [2.05, 4.69) is 37.1 Å². The molecule has 0 radical (unpaired) electrons. The average Bonchev–Trinajstić information content (AvgIpc) is 2.44. The second-order valence-electron chi connectivity index (χ2n) is 5.55. The number of rotatable bonds is 5. The van der Waals surface area contributed by atoms with Crippen LogP contribution in [0.5, 0.6) is 0 Å². The van der Waals surface area contributed by atoms with Gasteiger partial charge >= 0.3 is 0 Å². The van der Waals surface area contributed by atoms with Crippen LogP contribution in [0.25, 0.3) is 10.9 Å². The van der Waals surface area contributed by atoms with Crippen molar-refractivity contribution in [2.45, 2.75) is 40.0 Å². The first kappa shape index (κ1) is 15.2. The van der Waals surface area contributed by atoms with Crippen LogP contribution < -0.4 is 5.32 Å². The highest BCUT2D eigenvalue weighted by Gasteiger charge is 2.17. The highest BCUT2D eigenvalue weighted by molar-refractivity contribution is 5.87. The van der Waals surface area contributed by atoms with E-state index in [1.165, 1.54) is 0 Å². The second kappa shape index (κ2) is 6.08. The Balaban J connectivity index is 2.66. The van der Waals surface area contributed by atoms with Crippen molar-refractivity contribution in [3.63, 3.8) is 0 Å². The maximum atomic E-state index is 11.1. The molecule has 1 N–H and O–H groups in total. The van der Waals surface area contributed by atoms with Crippen LogP contribution in [0.1, 0.15) is 44.2 Å². The minimum Gasteiger partial charge on any atom is -0.370 e. The summed E-state index contributed by atoms with van der Waals surface area (Å²) in [5, 5.41) is 15.3. The van der Waals surface area contributed by atoms with Gasteiger partial charge in [-0.25, -0.2) is 4.98 Å². The fourth-order valence-electron chi connectivity index (χ4n) is 2.41. The van der Waals surface area contributed by atoms with E-state index in [-0.39, 0.29) is 10.6 Å². The van der Waals surface area contributed by atoms with Crippen LogP contribution in [0.4, 0.5) is 11.5 Å². The van der Waals surface area contributed by atoms with E-state index in [1.54, 1.807) is 19.1 Å². The van der Waals surface area contributed by atoms with Gasteiger partial charge in [0, 0.05) is 18.0 Å². The molecular formula is C16H21N3O2. The van der Waals surface area contributed by atoms with Gasteiger partial charge in [0.25, 0.3) is 5.69 Å². The van der Waals surface area contributed by atoms with Gasteiger partial charge in [-0.3, -0.25) is 10.1 Å². The van der Waals surface area contributed by atoms with Gasteiger partial charge in [0.15, 0.2) is 0 Å². The Morgan fingerprint density at radius 2 is 2.10 bits per heavy atom. The normalized spacial score (nSPS) is 11.1. The minimum atomic E-state index is -0.355. The maximum Gasteiger partial charge on any atom is 0.274 e. The van der Waals surface area contributed by atoms with Crippen molar-refractivity contribution >= 4 is 22.4 Å². The lowest BCUT2D eigenvalue weighted by Crippen LogP contribution is -2.07. The smallest absolute Gasteiger partial charge is 0.274 e. The van der Waals surface area contributed by atoms with Crippen LogP contribution in [-0.2, 0) is 0 Å². The number of pyridine rings is 1. The van der Waals surface area contributed by atoms with Crippen LogP contribution in [0.15, 0.2) is 18.2 Å². The summed E-state index contributed by atoms with van der Waals surface area (Å²) in [7, 11) is 0. The molecule has 0 spiro atoms. The molecule has 0 fully saturated rings. The Hall–Kier alpha value is -2.17. The monoisotopic (exact) mass is 287 g/mol. The summed E-state index contributed by atoms with van der Waals surface area (Å²) < 4.78 is 0. The number of hydrogen-bond donors (Lipinski definition) is 1. The molecule has 0 amide bonds. The topological polar surface area (TPSA) is 68.1 Å². The third kappa shape index (κ3) is 2.96. The van der Waals surface area contributed by atoms with E-state index in [9.17, 15) is 10.1 Å². The molecule has 1 heterocycles. The lowest BCUT2D eigenvalue weighted by atomic mass is 10.00. The Morgan fingerprint density at radius 1 is 1.38 bits per heavy atom. The van der Waals surface area contributed by atoms with Gasteiger partial charge in [0.2, 0.25) is 0 Å². The van der Waals surface area contributed by atoms with Gasteiger partial charge in [-0.1, -0.05) is 20.8 Å². The molecule has 5 nitrogen and oxygen atoms in total. The summed E-state index contributed by atoms with van der Waals surface area (Å²) >= 11 is 0. The first-order valence-corrected chi connectivity index (χ1v) is 7.28. The first-order valence-electron chi connectivity index (χ1n) is 7.28. The van der Waals surface area contributed by atoms with E-state index in [1.807, 2.05) is 0 Å². The zero-order valence-corrected chi connectivity index (χ0v) is 12.9. The number of aryl methyl sites for hydroxylation is 1. The average molecular weight is 287 g/mol. The standard InChI is InChI=1S/C16H21N3O2/c1-5-8-17-16-13(10(2)3)9-12-6-7-14(19(20)21)11(4)15(12)18-16/h6-7,9-10H,5,8H2,1-4H3,(H,17,18). The lowest BCUT2D eigenvalue weighted by molar-refractivity contribution is -0.385. The summed E-state index contributed by atoms with van der Waals surface area (Å²) in [5.74, 6) is 1.18. The predicted molar refractivity (Wildman–Crippen MR) is 86.0 cm³/mol. The van der Waals surface area contributed by atoms with Gasteiger partial charge in [0.05, 0.1) is 16.0 Å². The Morgan fingerprint density at radius 3 is 2.67 bits per heavy atom. The van der Waals surface area contributed by atoms with Crippen LogP contribution >= 0.6 is 0 Å². The number of nitrogens with zero attached hydrogens (tertiary/aromatic N) is 2. The van der Waals surface area contributed by atoms with Crippen molar-refractivity contribution in [2.24, 2.45) is 0 Å². The third-order valence-electron chi connectivity index (χ3n) is 3.60. The largest absolute Gasteiger partial charge is 0.370 e. The quantitative estimate of drug-likeness (QED) is 0.654. The molecule has 0 bridgehead atoms. The first-order chi connectivity index (χ1) is 9.95. The number of fused-ring (bicyclic) bond motifs is 1. The summed E-state index contributed by atoms with van der Waals surface area (Å²) in [5.41, 5.74) is 2.58. The summed E-state index contributed by atoms with van der Waals surface area (Å²) in [6.07, 6.45) is 1.01. The summed E-state index contributed by atoms with van der Waals surface area (Å²) in [4.78, 5) is 15.4. The molecule has 0 aliphatic heterocycles. The maximum absolute atomic E-state index is 11.1.